The maximum Gasteiger partial charge on any atom is 0.257 e. The van der Waals surface area contributed by atoms with E-state index >= 15 is 0 Å². The number of nitrogens with one attached hydrogen (secondary N) is 1. The number of rotatable bonds is 9. The highest BCUT2D eigenvalue weighted by Crippen LogP contribution is 2.29. The van der Waals surface area contributed by atoms with Gasteiger partial charge in [-0.2, -0.15) is 0 Å². The normalized spacial score (nSPS) is 11.2. The van der Waals surface area contributed by atoms with E-state index in [1.807, 2.05) is 60.7 Å². The second-order valence-electron chi connectivity index (χ2n) is 9.25. The fourth-order valence-corrected chi connectivity index (χ4v) is 5.85. The molecular formula is C32H30N2O4S. The summed E-state index contributed by atoms with van der Waals surface area (Å²) in [5.74, 6) is 1.20. The molecule has 1 amide bonds. The van der Waals surface area contributed by atoms with E-state index in [0.717, 1.165) is 41.2 Å². The molecule has 1 aromatic heterocycles. The molecule has 39 heavy (non-hydrogen) atoms. The summed E-state index contributed by atoms with van der Waals surface area (Å²) in [5, 5.41) is 4.24. The zero-order chi connectivity index (χ0) is 27.4. The van der Waals surface area contributed by atoms with E-state index < -0.39 is 0 Å². The van der Waals surface area contributed by atoms with Crippen LogP contribution in [0.4, 0.5) is 5.69 Å². The quantitative estimate of drug-likeness (QED) is 0.211. The standard InChI is InChI=1S/C32H30N2O4S/c1-4-34(20-22-14-17-27(37-2)28(18-22)38-3)19-21-12-15-23(16-13-21)33-32(36)26-10-7-9-25-30(35)24-8-5-6-11-29(24)39-31(25)26/h5-18H,4,19-20H2,1-3H3,(H,33,36). The first-order valence-corrected chi connectivity index (χ1v) is 13.6. The van der Waals surface area contributed by atoms with Crippen molar-refractivity contribution >= 4 is 43.1 Å². The lowest BCUT2D eigenvalue weighted by atomic mass is 10.1. The second-order valence-corrected chi connectivity index (χ2v) is 10.3. The Morgan fingerprint density at radius 3 is 2.26 bits per heavy atom. The zero-order valence-corrected chi connectivity index (χ0v) is 23.0. The van der Waals surface area contributed by atoms with Crippen LogP contribution in [0.2, 0.25) is 0 Å². The van der Waals surface area contributed by atoms with E-state index in [-0.39, 0.29) is 11.3 Å². The lowest BCUT2D eigenvalue weighted by Crippen LogP contribution is -2.22. The number of benzene rings is 4. The molecule has 6 nitrogen and oxygen atoms in total. The Hall–Kier alpha value is -4.20. The molecule has 198 valence electrons. The second kappa shape index (κ2) is 11.7. The first-order chi connectivity index (χ1) is 19.0. The van der Waals surface area contributed by atoms with Gasteiger partial charge in [0.1, 0.15) is 0 Å². The summed E-state index contributed by atoms with van der Waals surface area (Å²) in [6, 6.07) is 26.7. The summed E-state index contributed by atoms with van der Waals surface area (Å²) >= 11 is 1.47. The third kappa shape index (κ3) is 5.65. The van der Waals surface area contributed by atoms with Crippen LogP contribution in [0.1, 0.15) is 28.4 Å². The highest BCUT2D eigenvalue weighted by molar-refractivity contribution is 7.24. The van der Waals surface area contributed by atoms with Gasteiger partial charge < -0.3 is 14.8 Å². The fraction of sp³-hybridized carbons (Fsp3) is 0.188. The molecule has 5 aromatic rings. The summed E-state index contributed by atoms with van der Waals surface area (Å²) in [7, 11) is 3.28. The Morgan fingerprint density at radius 2 is 1.51 bits per heavy atom. The number of methoxy groups -OCH3 is 2. The number of carbonyl (C=O) groups is 1. The summed E-state index contributed by atoms with van der Waals surface area (Å²) in [6.07, 6.45) is 0. The van der Waals surface area contributed by atoms with Gasteiger partial charge in [-0.25, -0.2) is 0 Å². The maximum atomic E-state index is 13.3. The van der Waals surface area contributed by atoms with Gasteiger partial charge in [0.15, 0.2) is 16.9 Å². The van der Waals surface area contributed by atoms with Crippen molar-refractivity contribution in [3.63, 3.8) is 0 Å². The molecule has 1 N–H and O–H groups in total. The first-order valence-electron chi connectivity index (χ1n) is 12.8. The van der Waals surface area contributed by atoms with Gasteiger partial charge in [-0.1, -0.05) is 43.3 Å². The SMILES string of the molecule is CCN(Cc1ccc(NC(=O)c2cccc3c(=O)c4ccccc4sc23)cc1)Cc1ccc(OC)c(OC)c1. The van der Waals surface area contributed by atoms with Gasteiger partial charge in [0.2, 0.25) is 0 Å². The van der Waals surface area contributed by atoms with Crippen LogP contribution >= 0.6 is 11.3 Å². The third-order valence-electron chi connectivity index (χ3n) is 6.77. The molecule has 0 aliphatic carbocycles. The van der Waals surface area contributed by atoms with Crippen LogP contribution in [0, 0.1) is 0 Å². The molecule has 7 heteroatoms. The molecular weight excluding hydrogens is 508 g/mol. The lowest BCUT2D eigenvalue weighted by molar-refractivity contribution is 0.102. The molecule has 5 rings (SSSR count). The fourth-order valence-electron chi connectivity index (χ4n) is 4.67. The van der Waals surface area contributed by atoms with Crippen LogP contribution in [0.5, 0.6) is 11.5 Å². The van der Waals surface area contributed by atoms with E-state index in [1.165, 1.54) is 11.3 Å². The van der Waals surface area contributed by atoms with Crippen molar-refractivity contribution in [2.24, 2.45) is 0 Å². The smallest absolute Gasteiger partial charge is 0.257 e. The molecule has 0 fully saturated rings. The van der Waals surface area contributed by atoms with E-state index in [2.05, 4.69) is 23.2 Å². The number of amides is 1. The number of nitrogens with zero attached hydrogens (tertiary/aromatic N) is 1. The van der Waals surface area contributed by atoms with Crippen molar-refractivity contribution in [3.05, 3.63) is 112 Å². The predicted molar refractivity (Wildman–Crippen MR) is 159 cm³/mol. The highest BCUT2D eigenvalue weighted by atomic mass is 32.1. The highest BCUT2D eigenvalue weighted by Gasteiger charge is 2.15. The van der Waals surface area contributed by atoms with Crippen molar-refractivity contribution in [3.8, 4) is 11.5 Å². The van der Waals surface area contributed by atoms with Crippen molar-refractivity contribution < 1.29 is 14.3 Å². The van der Waals surface area contributed by atoms with E-state index in [9.17, 15) is 9.59 Å². The maximum absolute atomic E-state index is 13.3. The lowest BCUT2D eigenvalue weighted by Gasteiger charge is -2.21. The minimum atomic E-state index is -0.233. The Morgan fingerprint density at radius 1 is 0.821 bits per heavy atom. The summed E-state index contributed by atoms with van der Waals surface area (Å²) < 4.78 is 12.4. The molecule has 0 aliphatic rings. The monoisotopic (exact) mass is 538 g/mol. The molecule has 0 saturated heterocycles. The van der Waals surface area contributed by atoms with E-state index in [0.29, 0.717) is 32.5 Å². The summed E-state index contributed by atoms with van der Waals surface area (Å²) in [6.45, 7) is 4.56. The minimum absolute atomic E-state index is 0.0492. The van der Waals surface area contributed by atoms with Gasteiger partial charge >= 0.3 is 0 Å². The van der Waals surface area contributed by atoms with E-state index in [1.54, 1.807) is 32.4 Å². The van der Waals surface area contributed by atoms with Crippen molar-refractivity contribution in [1.29, 1.82) is 0 Å². The van der Waals surface area contributed by atoms with Gasteiger partial charge in [0, 0.05) is 34.2 Å². The Bertz CT molecular complexity index is 1700. The molecule has 1 heterocycles. The number of hydrogen-bond donors (Lipinski definition) is 1. The Labute approximate surface area is 231 Å². The molecule has 4 aromatic carbocycles. The molecule has 0 unspecified atom stereocenters. The zero-order valence-electron chi connectivity index (χ0n) is 22.2. The van der Waals surface area contributed by atoms with Gasteiger partial charge in [-0.05, 0) is 66.2 Å². The molecule has 0 aliphatic heterocycles. The number of ether oxygens (including phenoxy) is 2. The topological polar surface area (TPSA) is 67.9 Å². The van der Waals surface area contributed by atoms with Crippen molar-refractivity contribution in [1.82, 2.24) is 4.90 Å². The van der Waals surface area contributed by atoms with Crippen molar-refractivity contribution in [2.75, 3.05) is 26.1 Å². The third-order valence-corrected chi connectivity index (χ3v) is 7.99. The average Bonchev–Trinajstić information content (AvgIpc) is 2.97. The number of carbonyl (C=O) groups excluding carboxylic acids is 1. The van der Waals surface area contributed by atoms with Crippen LogP contribution in [0.3, 0.4) is 0 Å². The van der Waals surface area contributed by atoms with Crippen molar-refractivity contribution in [2.45, 2.75) is 20.0 Å². The Balaban J connectivity index is 1.30. The first kappa shape index (κ1) is 26.4. The minimum Gasteiger partial charge on any atom is -0.493 e. The number of fused-ring (bicyclic) bond motifs is 2. The van der Waals surface area contributed by atoms with Crippen LogP contribution in [0.25, 0.3) is 20.2 Å². The predicted octanol–water partition coefficient (Wildman–Crippen LogP) is 6.71. The van der Waals surface area contributed by atoms with Gasteiger partial charge in [0.05, 0.1) is 24.5 Å². The largest absolute Gasteiger partial charge is 0.493 e. The van der Waals surface area contributed by atoms with Gasteiger partial charge in [-0.3, -0.25) is 14.5 Å². The molecule has 0 saturated carbocycles. The summed E-state index contributed by atoms with van der Waals surface area (Å²) in [4.78, 5) is 28.6. The molecule has 0 radical (unpaired) electrons. The number of anilines is 1. The van der Waals surface area contributed by atoms with Crippen LogP contribution < -0.4 is 20.2 Å². The number of hydrogen-bond acceptors (Lipinski definition) is 6. The summed E-state index contributed by atoms with van der Waals surface area (Å²) in [5.41, 5.74) is 3.44. The van der Waals surface area contributed by atoms with Crippen LogP contribution in [0.15, 0.2) is 89.7 Å². The molecule has 0 bridgehead atoms. The Kier molecular flexibility index (Phi) is 7.91. The van der Waals surface area contributed by atoms with Gasteiger partial charge in [0.25, 0.3) is 5.91 Å². The molecule has 0 atom stereocenters. The van der Waals surface area contributed by atoms with E-state index in [4.69, 9.17) is 9.47 Å². The molecule has 0 spiro atoms. The van der Waals surface area contributed by atoms with Crippen LogP contribution in [-0.4, -0.2) is 31.6 Å². The van der Waals surface area contributed by atoms with Crippen LogP contribution in [-0.2, 0) is 13.1 Å². The van der Waals surface area contributed by atoms with Gasteiger partial charge in [-0.15, -0.1) is 11.3 Å². The average molecular weight is 539 g/mol.